The summed E-state index contributed by atoms with van der Waals surface area (Å²) >= 11 is 5.69. The van der Waals surface area contributed by atoms with Gasteiger partial charge in [-0.25, -0.2) is 0 Å². The molecule has 3 heteroatoms. The van der Waals surface area contributed by atoms with Crippen molar-refractivity contribution in [2.75, 3.05) is 0 Å². The molecule has 70 valence electrons. The second kappa shape index (κ2) is 4.87. The highest BCUT2D eigenvalue weighted by molar-refractivity contribution is 6.30. The highest BCUT2D eigenvalue weighted by Gasteiger charge is 2.14. The molecular formula is C10H11ClO2. The molecule has 0 aromatic heterocycles. The first-order chi connectivity index (χ1) is 6.24. The van der Waals surface area contributed by atoms with Gasteiger partial charge in [0.2, 0.25) is 0 Å². The Morgan fingerprint density at radius 2 is 2.08 bits per heavy atom. The Morgan fingerprint density at radius 1 is 1.46 bits per heavy atom. The number of halogens is 1. The summed E-state index contributed by atoms with van der Waals surface area (Å²) in [4.78, 5) is 11.2. The van der Waals surface area contributed by atoms with E-state index in [1.165, 1.54) is 0 Å². The number of ether oxygens (including phenoxy) is 1. The topological polar surface area (TPSA) is 26.3 Å². The largest absolute Gasteiger partial charge is 0.425 e. The second-order valence-electron chi connectivity index (χ2n) is 2.61. The Balaban J connectivity index is 2.55. The van der Waals surface area contributed by atoms with Gasteiger partial charge in [0.25, 0.3) is 0 Å². The van der Waals surface area contributed by atoms with Gasteiger partial charge in [0.15, 0.2) is 0 Å². The third-order valence-electron chi connectivity index (χ3n) is 1.58. The van der Waals surface area contributed by atoms with Gasteiger partial charge in [-0.3, -0.25) is 4.79 Å². The van der Waals surface area contributed by atoms with Crippen LogP contribution < -0.4 is 4.74 Å². The maximum absolute atomic E-state index is 11.2. The third kappa shape index (κ3) is 3.07. The molecule has 0 aliphatic rings. The zero-order chi connectivity index (χ0) is 9.68. The first-order valence-corrected chi connectivity index (χ1v) is 4.58. The molecular weight excluding hydrogens is 188 g/mol. The number of esters is 1. The number of hydrogen-bond acceptors (Lipinski definition) is 2. The van der Waals surface area contributed by atoms with Gasteiger partial charge in [-0.15, -0.1) is 11.6 Å². The van der Waals surface area contributed by atoms with Gasteiger partial charge in [-0.05, 0) is 18.6 Å². The van der Waals surface area contributed by atoms with Gasteiger partial charge >= 0.3 is 5.97 Å². The fourth-order valence-electron chi connectivity index (χ4n) is 0.835. The van der Waals surface area contributed by atoms with E-state index in [0.717, 1.165) is 0 Å². The van der Waals surface area contributed by atoms with Crippen molar-refractivity contribution in [1.29, 1.82) is 0 Å². The summed E-state index contributed by atoms with van der Waals surface area (Å²) in [7, 11) is 0. The molecule has 1 aromatic rings. The Kier molecular flexibility index (Phi) is 3.77. The molecule has 0 spiro atoms. The predicted octanol–water partition coefficient (Wildman–Crippen LogP) is 2.61. The Bertz CT molecular complexity index is 272. The van der Waals surface area contributed by atoms with Crippen LogP contribution in [0.15, 0.2) is 30.3 Å². The maximum atomic E-state index is 11.2. The highest BCUT2D eigenvalue weighted by Crippen LogP contribution is 2.12. The molecule has 1 rings (SSSR count). The summed E-state index contributed by atoms with van der Waals surface area (Å²) in [5.41, 5.74) is 0. The fourth-order valence-corrected chi connectivity index (χ4v) is 0.880. The Morgan fingerprint density at radius 3 is 2.62 bits per heavy atom. The van der Waals surface area contributed by atoms with Crippen molar-refractivity contribution in [2.24, 2.45) is 0 Å². The van der Waals surface area contributed by atoms with Crippen LogP contribution in [0.5, 0.6) is 5.75 Å². The van der Waals surface area contributed by atoms with Gasteiger partial charge in [-0.1, -0.05) is 25.1 Å². The zero-order valence-electron chi connectivity index (χ0n) is 7.37. The summed E-state index contributed by atoms with van der Waals surface area (Å²) in [5, 5.41) is -0.555. The molecule has 0 saturated carbocycles. The van der Waals surface area contributed by atoms with E-state index < -0.39 is 11.3 Å². The first-order valence-electron chi connectivity index (χ1n) is 4.15. The lowest BCUT2D eigenvalue weighted by molar-refractivity contribution is -0.134. The van der Waals surface area contributed by atoms with E-state index in [4.69, 9.17) is 16.3 Å². The maximum Gasteiger partial charge on any atom is 0.329 e. The van der Waals surface area contributed by atoms with Crippen molar-refractivity contribution in [1.82, 2.24) is 0 Å². The van der Waals surface area contributed by atoms with Gasteiger partial charge in [-0.2, -0.15) is 0 Å². The molecule has 0 heterocycles. The van der Waals surface area contributed by atoms with E-state index in [1.54, 1.807) is 24.3 Å². The summed E-state index contributed by atoms with van der Waals surface area (Å²) in [6.45, 7) is 1.84. The lowest BCUT2D eigenvalue weighted by Gasteiger charge is -2.06. The summed E-state index contributed by atoms with van der Waals surface area (Å²) in [6, 6.07) is 8.90. The molecule has 0 fully saturated rings. The van der Waals surface area contributed by atoms with Crippen LogP contribution in [0.2, 0.25) is 0 Å². The van der Waals surface area contributed by atoms with Crippen molar-refractivity contribution < 1.29 is 9.53 Å². The molecule has 0 aliphatic carbocycles. The standard InChI is InChI=1S/C10H11ClO2/c1-2-9(11)10(12)13-8-6-4-3-5-7-8/h3-7,9H,2H2,1H3. The molecule has 13 heavy (non-hydrogen) atoms. The van der Waals surface area contributed by atoms with Crippen LogP contribution >= 0.6 is 11.6 Å². The number of carbonyl (C=O) groups excluding carboxylic acids is 1. The summed E-state index contributed by atoms with van der Waals surface area (Å²) in [6.07, 6.45) is 0.577. The van der Waals surface area contributed by atoms with E-state index in [0.29, 0.717) is 12.2 Å². The minimum atomic E-state index is -0.555. The van der Waals surface area contributed by atoms with E-state index in [2.05, 4.69) is 0 Å². The van der Waals surface area contributed by atoms with Crippen LogP contribution in [0.4, 0.5) is 0 Å². The van der Waals surface area contributed by atoms with Crippen molar-refractivity contribution in [3.63, 3.8) is 0 Å². The van der Waals surface area contributed by atoms with Crippen molar-refractivity contribution in [3.05, 3.63) is 30.3 Å². The normalized spacial score (nSPS) is 12.2. The number of benzene rings is 1. The van der Waals surface area contributed by atoms with Crippen LogP contribution in [-0.2, 0) is 4.79 Å². The van der Waals surface area contributed by atoms with Crippen molar-refractivity contribution in [2.45, 2.75) is 18.7 Å². The third-order valence-corrected chi connectivity index (χ3v) is 2.06. The van der Waals surface area contributed by atoms with Crippen LogP contribution in [-0.4, -0.2) is 11.3 Å². The number of hydrogen-bond donors (Lipinski definition) is 0. The summed E-state index contributed by atoms with van der Waals surface area (Å²) < 4.78 is 5.00. The van der Waals surface area contributed by atoms with Gasteiger partial charge < -0.3 is 4.74 Å². The van der Waals surface area contributed by atoms with Crippen molar-refractivity contribution in [3.8, 4) is 5.75 Å². The number of alkyl halides is 1. The van der Waals surface area contributed by atoms with Gasteiger partial charge in [0.05, 0.1) is 0 Å². The van der Waals surface area contributed by atoms with E-state index in [-0.39, 0.29) is 0 Å². The molecule has 0 saturated heterocycles. The van der Waals surface area contributed by atoms with Gasteiger partial charge in [0, 0.05) is 0 Å². The average molecular weight is 199 g/mol. The molecule has 2 nitrogen and oxygen atoms in total. The zero-order valence-corrected chi connectivity index (χ0v) is 8.12. The fraction of sp³-hybridized carbons (Fsp3) is 0.300. The Hall–Kier alpha value is -1.02. The molecule has 0 aliphatic heterocycles. The average Bonchev–Trinajstić information content (AvgIpc) is 2.18. The minimum Gasteiger partial charge on any atom is -0.425 e. The van der Waals surface area contributed by atoms with Crippen LogP contribution in [0.1, 0.15) is 13.3 Å². The quantitative estimate of drug-likeness (QED) is 0.424. The molecule has 0 bridgehead atoms. The molecule has 0 N–H and O–H groups in total. The monoisotopic (exact) mass is 198 g/mol. The number of para-hydroxylation sites is 1. The molecule has 1 aromatic carbocycles. The second-order valence-corrected chi connectivity index (χ2v) is 3.14. The Labute approximate surface area is 82.5 Å². The van der Waals surface area contributed by atoms with E-state index >= 15 is 0 Å². The van der Waals surface area contributed by atoms with E-state index in [1.807, 2.05) is 13.0 Å². The lowest BCUT2D eigenvalue weighted by Crippen LogP contribution is -2.19. The number of rotatable bonds is 3. The van der Waals surface area contributed by atoms with Crippen LogP contribution in [0.25, 0.3) is 0 Å². The molecule has 1 atom stereocenters. The predicted molar refractivity (Wildman–Crippen MR) is 52.0 cm³/mol. The van der Waals surface area contributed by atoms with E-state index in [9.17, 15) is 4.79 Å². The molecule has 1 unspecified atom stereocenters. The minimum absolute atomic E-state index is 0.393. The smallest absolute Gasteiger partial charge is 0.329 e. The van der Waals surface area contributed by atoms with Crippen LogP contribution in [0, 0.1) is 0 Å². The first kappa shape index (κ1) is 10.1. The molecule has 0 amide bonds. The highest BCUT2D eigenvalue weighted by atomic mass is 35.5. The lowest BCUT2D eigenvalue weighted by atomic mass is 10.3. The SMILES string of the molecule is CCC(Cl)C(=O)Oc1ccccc1. The summed E-state index contributed by atoms with van der Waals surface area (Å²) in [5.74, 6) is 0.141. The van der Waals surface area contributed by atoms with Gasteiger partial charge in [0.1, 0.15) is 11.1 Å². The number of carbonyl (C=O) groups is 1. The molecule has 0 radical (unpaired) electrons. The van der Waals surface area contributed by atoms with Crippen molar-refractivity contribution >= 4 is 17.6 Å². The van der Waals surface area contributed by atoms with Crippen LogP contribution in [0.3, 0.4) is 0 Å².